The van der Waals surface area contributed by atoms with E-state index in [1.807, 2.05) is 23.5 Å². The lowest BCUT2D eigenvalue weighted by Gasteiger charge is -2.27. The first-order valence-electron chi connectivity index (χ1n) is 16.6. The number of hydrogen-bond acceptors (Lipinski definition) is 3. The van der Waals surface area contributed by atoms with E-state index in [1.54, 1.807) is 0 Å². The molecule has 49 heavy (non-hydrogen) atoms. The fourth-order valence-corrected chi connectivity index (χ4v) is 8.48. The fraction of sp³-hybridized carbons (Fsp3) is 0. The molecule has 0 spiro atoms. The van der Waals surface area contributed by atoms with Crippen LogP contribution in [0.4, 0.5) is 17.1 Å². The maximum Gasteiger partial charge on any atom is 0.143 e. The van der Waals surface area contributed by atoms with Crippen LogP contribution in [0.3, 0.4) is 0 Å². The quantitative estimate of drug-likeness (QED) is 0.186. The Morgan fingerprint density at radius 2 is 1.12 bits per heavy atom. The molecule has 0 unspecified atom stereocenters. The van der Waals surface area contributed by atoms with E-state index in [1.165, 1.54) is 42.1 Å². The molecule has 0 aliphatic heterocycles. The van der Waals surface area contributed by atoms with Gasteiger partial charge in [-0.25, -0.2) is 0 Å². The molecule has 0 saturated carbocycles. The molecule has 0 aliphatic rings. The second kappa shape index (κ2) is 11.2. The van der Waals surface area contributed by atoms with Gasteiger partial charge in [-0.15, -0.1) is 11.3 Å². The van der Waals surface area contributed by atoms with E-state index in [9.17, 15) is 0 Å². The van der Waals surface area contributed by atoms with Crippen molar-refractivity contribution in [3.63, 3.8) is 0 Å². The van der Waals surface area contributed by atoms with Crippen molar-refractivity contribution in [1.29, 1.82) is 0 Å². The van der Waals surface area contributed by atoms with Gasteiger partial charge in [0.15, 0.2) is 0 Å². The van der Waals surface area contributed by atoms with Crippen LogP contribution in [-0.4, -0.2) is 0 Å². The number of rotatable bonds is 5. The highest BCUT2D eigenvalue weighted by Gasteiger charge is 2.20. The molecule has 0 atom stereocenters. The molecule has 0 fully saturated rings. The van der Waals surface area contributed by atoms with Crippen LogP contribution >= 0.6 is 11.3 Å². The van der Waals surface area contributed by atoms with Gasteiger partial charge in [-0.05, 0) is 82.1 Å². The summed E-state index contributed by atoms with van der Waals surface area (Å²) in [7, 11) is 0. The highest BCUT2D eigenvalue weighted by molar-refractivity contribution is 7.26. The van der Waals surface area contributed by atoms with E-state index in [0.29, 0.717) is 0 Å². The first kappa shape index (κ1) is 27.9. The van der Waals surface area contributed by atoms with Crippen LogP contribution in [0.25, 0.3) is 75.1 Å². The summed E-state index contributed by atoms with van der Waals surface area (Å²) >= 11 is 1.86. The second-order valence-electron chi connectivity index (χ2n) is 12.5. The average Bonchev–Trinajstić information content (AvgIpc) is 3.73. The van der Waals surface area contributed by atoms with E-state index < -0.39 is 0 Å². The van der Waals surface area contributed by atoms with Gasteiger partial charge in [0.05, 0.1) is 5.69 Å². The number of anilines is 3. The van der Waals surface area contributed by atoms with Crippen molar-refractivity contribution < 1.29 is 4.42 Å². The maximum atomic E-state index is 6.48. The predicted molar refractivity (Wildman–Crippen MR) is 210 cm³/mol. The van der Waals surface area contributed by atoms with Crippen LogP contribution in [0.2, 0.25) is 0 Å². The Bertz CT molecular complexity index is 2830. The molecule has 8 aromatic carbocycles. The third kappa shape index (κ3) is 4.62. The Morgan fingerprint density at radius 1 is 0.429 bits per heavy atom. The van der Waals surface area contributed by atoms with E-state index >= 15 is 0 Å². The van der Waals surface area contributed by atoms with E-state index in [2.05, 4.69) is 169 Å². The zero-order valence-corrected chi connectivity index (χ0v) is 27.3. The lowest BCUT2D eigenvalue weighted by molar-refractivity contribution is 0.670. The zero-order valence-electron chi connectivity index (χ0n) is 26.5. The van der Waals surface area contributed by atoms with Crippen molar-refractivity contribution in [3.8, 4) is 22.3 Å². The van der Waals surface area contributed by atoms with Crippen molar-refractivity contribution >= 4 is 81.3 Å². The standard InChI is InChI=1S/C46H29NOS/c1-2-11-30(12-3-1)31-23-25-35(26-24-31)47(41-20-10-22-43-45(41)40-28-32-13-4-5-14-33(32)29-44(40)49-43)36-16-8-15-34(27-36)37-18-9-19-39-38-17-6-7-21-42(38)48-46(37)39/h1-29H. The minimum atomic E-state index is 0.907. The maximum absolute atomic E-state index is 6.48. The monoisotopic (exact) mass is 643 g/mol. The van der Waals surface area contributed by atoms with E-state index in [4.69, 9.17) is 4.42 Å². The largest absolute Gasteiger partial charge is 0.455 e. The summed E-state index contributed by atoms with van der Waals surface area (Å²) in [6, 6.07) is 63.2. The van der Waals surface area contributed by atoms with Gasteiger partial charge < -0.3 is 9.32 Å². The van der Waals surface area contributed by atoms with E-state index in [0.717, 1.165) is 50.1 Å². The van der Waals surface area contributed by atoms with Crippen LogP contribution in [0.15, 0.2) is 180 Å². The van der Waals surface area contributed by atoms with Crippen LogP contribution in [0.5, 0.6) is 0 Å². The number of benzene rings is 8. The number of nitrogens with zero attached hydrogens (tertiary/aromatic N) is 1. The minimum Gasteiger partial charge on any atom is -0.455 e. The van der Waals surface area contributed by atoms with Gasteiger partial charge in [-0.1, -0.05) is 121 Å². The molecular weight excluding hydrogens is 615 g/mol. The lowest BCUT2D eigenvalue weighted by atomic mass is 10.0. The number of thiophene rings is 1. The smallest absolute Gasteiger partial charge is 0.143 e. The molecule has 0 bridgehead atoms. The zero-order chi connectivity index (χ0) is 32.3. The third-order valence-electron chi connectivity index (χ3n) is 9.63. The molecular formula is C46H29NOS. The topological polar surface area (TPSA) is 16.4 Å². The van der Waals surface area contributed by atoms with Gasteiger partial charge in [-0.3, -0.25) is 0 Å². The molecule has 10 aromatic rings. The van der Waals surface area contributed by atoms with Crippen LogP contribution in [0, 0.1) is 0 Å². The van der Waals surface area contributed by atoms with Crippen molar-refractivity contribution in [2.45, 2.75) is 0 Å². The SMILES string of the molecule is c1ccc(-c2ccc(N(c3cccc(-c4cccc5c4oc4ccccc45)c3)c3cccc4sc5cc6ccccc6cc5c34)cc2)cc1. The van der Waals surface area contributed by atoms with Gasteiger partial charge in [0.2, 0.25) is 0 Å². The van der Waals surface area contributed by atoms with Gasteiger partial charge in [0.1, 0.15) is 11.2 Å². The lowest BCUT2D eigenvalue weighted by Crippen LogP contribution is -2.10. The summed E-state index contributed by atoms with van der Waals surface area (Å²) in [5.41, 5.74) is 9.77. The molecule has 0 N–H and O–H groups in total. The summed E-state index contributed by atoms with van der Waals surface area (Å²) in [5, 5.41) is 7.34. The summed E-state index contributed by atoms with van der Waals surface area (Å²) in [6.07, 6.45) is 0. The average molecular weight is 644 g/mol. The first-order chi connectivity index (χ1) is 24.3. The summed E-state index contributed by atoms with van der Waals surface area (Å²) in [4.78, 5) is 2.42. The molecule has 3 heteroatoms. The molecule has 10 rings (SSSR count). The van der Waals surface area contributed by atoms with Crippen molar-refractivity contribution in [2.24, 2.45) is 0 Å². The summed E-state index contributed by atoms with van der Waals surface area (Å²) in [5.74, 6) is 0. The molecule has 2 nitrogen and oxygen atoms in total. The Kier molecular flexibility index (Phi) is 6.39. The highest BCUT2D eigenvalue weighted by Crippen LogP contribution is 2.47. The number of para-hydroxylation sites is 2. The van der Waals surface area contributed by atoms with Crippen LogP contribution < -0.4 is 4.90 Å². The number of furan rings is 1. The minimum absolute atomic E-state index is 0.907. The Morgan fingerprint density at radius 3 is 2.00 bits per heavy atom. The third-order valence-corrected chi connectivity index (χ3v) is 10.8. The Hall–Kier alpha value is -6.16. The van der Waals surface area contributed by atoms with Gasteiger partial charge in [0.25, 0.3) is 0 Å². The molecule has 0 aliphatic carbocycles. The molecule has 2 heterocycles. The summed E-state index contributed by atoms with van der Waals surface area (Å²) < 4.78 is 9.05. The van der Waals surface area contributed by atoms with Crippen molar-refractivity contribution in [3.05, 3.63) is 176 Å². The molecule has 0 radical (unpaired) electrons. The van der Waals surface area contributed by atoms with Gasteiger partial charge in [-0.2, -0.15) is 0 Å². The second-order valence-corrected chi connectivity index (χ2v) is 13.6. The summed E-state index contributed by atoms with van der Waals surface area (Å²) in [6.45, 7) is 0. The molecule has 230 valence electrons. The number of hydrogen-bond donors (Lipinski definition) is 0. The van der Waals surface area contributed by atoms with Crippen LogP contribution in [0.1, 0.15) is 0 Å². The van der Waals surface area contributed by atoms with Gasteiger partial charge in [0, 0.05) is 47.9 Å². The molecule has 0 amide bonds. The first-order valence-corrected chi connectivity index (χ1v) is 17.4. The van der Waals surface area contributed by atoms with Crippen molar-refractivity contribution in [2.75, 3.05) is 4.90 Å². The fourth-order valence-electron chi connectivity index (χ4n) is 7.33. The van der Waals surface area contributed by atoms with Crippen LogP contribution in [-0.2, 0) is 0 Å². The highest BCUT2D eigenvalue weighted by atomic mass is 32.1. The van der Waals surface area contributed by atoms with Crippen molar-refractivity contribution in [1.82, 2.24) is 0 Å². The predicted octanol–water partition coefficient (Wildman–Crippen LogP) is 13.9. The van der Waals surface area contributed by atoms with E-state index in [-0.39, 0.29) is 0 Å². The molecule has 0 saturated heterocycles. The Balaban J connectivity index is 1.20. The van der Waals surface area contributed by atoms with Gasteiger partial charge >= 0.3 is 0 Å². The Labute approximate surface area is 287 Å². The normalized spacial score (nSPS) is 11.7. The number of fused-ring (bicyclic) bond motifs is 7. The molecule has 2 aromatic heterocycles.